The van der Waals surface area contributed by atoms with Gasteiger partial charge in [-0.15, -0.1) is 0 Å². The smallest absolute Gasteiger partial charge is 0.292 e. The molecule has 1 saturated heterocycles. The first-order valence-corrected chi connectivity index (χ1v) is 6.79. The van der Waals surface area contributed by atoms with E-state index >= 15 is 0 Å². The topological polar surface area (TPSA) is 106 Å². The normalized spacial score (nSPS) is 24.2. The average Bonchev–Trinajstić information content (AvgIpc) is 2.88. The number of rotatable bonds is 5. The molecule has 1 heterocycles. The summed E-state index contributed by atoms with van der Waals surface area (Å²) in [6.45, 7) is -0.423. The van der Waals surface area contributed by atoms with Crippen molar-refractivity contribution in [1.29, 1.82) is 0 Å². The van der Waals surface area contributed by atoms with E-state index in [4.69, 9.17) is 9.84 Å². The van der Waals surface area contributed by atoms with Crippen molar-refractivity contribution in [3.63, 3.8) is 0 Å². The Kier molecular flexibility index (Phi) is 5.30. The van der Waals surface area contributed by atoms with Crippen LogP contribution in [0.5, 0.6) is 0 Å². The maximum atomic E-state index is 12.8. The van der Waals surface area contributed by atoms with Gasteiger partial charge >= 0.3 is 0 Å². The van der Waals surface area contributed by atoms with Crippen LogP contribution in [0.1, 0.15) is 0 Å². The molecule has 0 aromatic heterocycles. The summed E-state index contributed by atoms with van der Waals surface area (Å²) in [7, 11) is 1.68. The summed E-state index contributed by atoms with van der Waals surface area (Å²) in [6, 6.07) is 5.70. The minimum Gasteiger partial charge on any atom is -0.457 e. The summed E-state index contributed by atoms with van der Waals surface area (Å²) in [6.07, 6.45) is -5.18. The minimum atomic E-state index is -1.53. The van der Waals surface area contributed by atoms with E-state index in [1.54, 1.807) is 11.9 Å². The van der Waals surface area contributed by atoms with Crippen LogP contribution in [-0.2, 0) is 4.74 Å². The van der Waals surface area contributed by atoms with Crippen LogP contribution in [-0.4, -0.2) is 76.0 Å². The Morgan fingerprint density at radius 2 is 1.95 bits per heavy atom. The molecule has 122 valence electrons. The lowest BCUT2D eigenvalue weighted by molar-refractivity contribution is -0.106. The Morgan fingerprint density at radius 3 is 2.55 bits per heavy atom. The molecule has 1 aliphatic heterocycles. The van der Waals surface area contributed by atoms with Crippen LogP contribution in [0.25, 0.3) is 0 Å². The van der Waals surface area contributed by atoms with Gasteiger partial charge in [-0.25, -0.2) is 4.39 Å². The number of aliphatic imine (C=N–C) groups is 1. The van der Waals surface area contributed by atoms with Gasteiger partial charge in [0.25, 0.3) is 6.02 Å². The molecule has 7 nitrogen and oxygen atoms in total. The van der Waals surface area contributed by atoms with E-state index in [-0.39, 0.29) is 18.4 Å². The lowest BCUT2D eigenvalue weighted by Crippen LogP contribution is -2.47. The van der Waals surface area contributed by atoms with E-state index in [1.165, 1.54) is 24.3 Å². The molecule has 1 aliphatic rings. The van der Waals surface area contributed by atoms with E-state index < -0.39 is 31.0 Å². The van der Waals surface area contributed by atoms with Crippen molar-refractivity contribution in [2.24, 2.45) is 4.99 Å². The van der Waals surface area contributed by atoms with Gasteiger partial charge in [0.05, 0.1) is 18.8 Å². The Labute approximate surface area is 126 Å². The monoisotopic (exact) mass is 314 g/mol. The summed E-state index contributed by atoms with van der Waals surface area (Å²) in [5, 5.41) is 37.8. The third-order valence-corrected chi connectivity index (χ3v) is 3.40. The van der Waals surface area contributed by atoms with Gasteiger partial charge in [-0.1, -0.05) is 0 Å². The SMILES string of the molecule is CN1CC([C@@H](O)[C@@H](O)[C@H](O)CO)OC1=Nc1ccc(F)cc1. The molecular weight excluding hydrogens is 295 g/mol. The number of halogens is 1. The second kappa shape index (κ2) is 7.01. The van der Waals surface area contributed by atoms with Gasteiger partial charge in [0.2, 0.25) is 0 Å². The van der Waals surface area contributed by atoms with Gasteiger partial charge < -0.3 is 30.1 Å². The van der Waals surface area contributed by atoms with Gasteiger partial charge in [-0.05, 0) is 24.3 Å². The summed E-state index contributed by atoms with van der Waals surface area (Å²) in [4.78, 5) is 5.81. The zero-order valence-corrected chi connectivity index (χ0v) is 12.0. The predicted molar refractivity (Wildman–Crippen MR) is 76.1 cm³/mol. The molecule has 1 unspecified atom stereocenters. The lowest BCUT2D eigenvalue weighted by Gasteiger charge is -2.24. The first-order valence-electron chi connectivity index (χ1n) is 6.79. The van der Waals surface area contributed by atoms with Gasteiger partial charge in [0.1, 0.15) is 30.2 Å². The van der Waals surface area contributed by atoms with E-state index in [0.717, 1.165) is 0 Å². The molecule has 1 aromatic rings. The molecule has 4 atom stereocenters. The van der Waals surface area contributed by atoms with Crippen LogP contribution in [0.4, 0.5) is 10.1 Å². The average molecular weight is 314 g/mol. The third kappa shape index (κ3) is 3.72. The number of nitrogens with zero attached hydrogens (tertiary/aromatic N) is 2. The molecule has 0 amide bonds. The highest BCUT2D eigenvalue weighted by atomic mass is 19.1. The molecule has 0 bridgehead atoms. The maximum Gasteiger partial charge on any atom is 0.292 e. The number of ether oxygens (including phenoxy) is 1. The molecule has 2 rings (SSSR count). The molecular formula is C14H19FN2O5. The van der Waals surface area contributed by atoms with Gasteiger partial charge in [-0.3, -0.25) is 0 Å². The van der Waals surface area contributed by atoms with E-state index in [0.29, 0.717) is 5.69 Å². The van der Waals surface area contributed by atoms with E-state index in [1.807, 2.05) is 0 Å². The standard InChI is InChI=1S/C14H19FN2O5/c1-17-6-11(13(21)12(20)10(19)7-18)22-14(17)16-9-4-2-8(15)3-5-9/h2-5,10-13,18-21H,6-7H2,1H3/t10-,11?,12+,13-/m1/s1. The second-order valence-electron chi connectivity index (χ2n) is 5.14. The maximum absolute atomic E-state index is 12.8. The molecule has 0 aliphatic carbocycles. The zero-order chi connectivity index (χ0) is 16.3. The van der Waals surface area contributed by atoms with Gasteiger partial charge in [0, 0.05) is 7.05 Å². The van der Waals surface area contributed by atoms with Crippen molar-refractivity contribution in [1.82, 2.24) is 4.90 Å². The van der Waals surface area contributed by atoms with E-state index in [2.05, 4.69) is 4.99 Å². The Hall–Kier alpha value is -1.74. The molecule has 0 saturated carbocycles. The second-order valence-corrected chi connectivity index (χ2v) is 5.14. The lowest BCUT2D eigenvalue weighted by atomic mass is 10.0. The van der Waals surface area contributed by atoms with Crippen LogP contribution >= 0.6 is 0 Å². The number of hydrogen-bond acceptors (Lipinski definition) is 6. The van der Waals surface area contributed by atoms with Crippen LogP contribution in [0.2, 0.25) is 0 Å². The molecule has 22 heavy (non-hydrogen) atoms. The Bertz CT molecular complexity index is 524. The van der Waals surface area contributed by atoms with Gasteiger partial charge in [0.15, 0.2) is 0 Å². The summed E-state index contributed by atoms with van der Waals surface area (Å²) in [5.41, 5.74) is 0.481. The minimum absolute atomic E-state index is 0.210. The fourth-order valence-corrected chi connectivity index (χ4v) is 2.08. The van der Waals surface area contributed by atoms with Crippen molar-refractivity contribution >= 4 is 11.7 Å². The van der Waals surface area contributed by atoms with Crippen molar-refractivity contribution < 1.29 is 29.6 Å². The van der Waals surface area contributed by atoms with E-state index in [9.17, 15) is 19.7 Å². The molecule has 8 heteroatoms. The Morgan fingerprint density at radius 1 is 1.32 bits per heavy atom. The van der Waals surface area contributed by atoms with Crippen molar-refractivity contribution in [3.05, 3.63) is 30.1 Å². The largest absolute Gasteiger partial charge is 0.457 e. The Balaban J connectivity index is 2.07. The molecule has 0 radical (unpaired) electrons. The summed E-state index contributed by atoms with van der Waals surface area (Å²) in [5.74, 6) is -0.376. The first-order chi connectivity index (χ1) is 10.4. The van der Waals surface area contributed by atoms with Crippen LogP contribution in [0.3, 0.4) is 0 Å². The molecule has 1 aromatic carbocycles. The number of aliphatic hydroxyl groups is 4. The molecule has 0 spiro atoms. The van der Waals surface area contributed by atoms with Crippen LogP contribution in [0.15, 0.2) is 29.3 Å². The number of amidine groups is 1. The first kappa shape index (κ1) is 16.6. The summed E-state index contributed by atoms with van der Waals surface area (Å²) < 4.78 is 18.3. The number of likely N-dealkylation sites (N-methyl/N-ethyl adjacent to an activating group) is 1. The van der Waals surface area contributed by atoms with Gasteiger partial charge in [-0.2, -0.15) is 4.99 Å². The highest BCUT2D eigenvalue weighted by Gasteiger charge is 2.38. The fourth-order valence-electron chi connectivity index (χ4n) is 2.08. The highest BCUT2D eigenvalue weighted by molar-refractivity contribution is 5.78. The quantitative estimate of drug-likeness (QED) is 0.568. The zero-order valence-electron chi connectivity index (χ0n) is 12.0. The number of benzene rings is 1. The predicted octanol–water partition coefficient (Wildman–Crippen LogP) is -0.781. The number of aliphatic hydroxyl groups excluding tert-OH is 4. The van der Waals surface area contributed by atoms with Crippen LogP contribution in [0, 0.1) is 5.82 Å². The molecule has 1 fully saturated rings. The van der Waals surface area contributed by atoms with Crippen molar-refractivity contribution in [3.8, 4) is 0 Å². The molecule has 4 N–H and O–H groups in total. The van der Waals surface area contributed by atoms with Crippen LogP contribution < -0.4 is 0 Å². The van der Waals surface area contributed by atoms with Crippen molar-refractivity contribution in [2.45, 2.75) is 24.4 Å². The number of hydrogen-bond donors (Lipinski definition) is 4. The third-order valence-electron chi connectivity index (χ3n) is 3.40. The highest BCUT2D eigenvalue weighted by Crippen LogP contribution is 2.20. The summed E-state index contributed by atoms with van der Waals surface area (Å²) >= 11 is 0. The fraction of sp³-hybridized carbons (Fsp3) is 0.500. The van der Waals surface area contributed by atoms with Crippen molar-refractivity contribution in [2.75, 3.05) is 20.2 Å².